The van der Waals surface area contributed by atoms with Crippen LogP contribution >= 0.6 is 0 Å². The molecule has 1 aromatic rings. The summed E-state index contributed by atoms with van der Waals surface area (Å²) in [7, 11) is 0. The molecule has 19 heavy (non-hydrogen) atoms. The van der Waals surface area contributed by atoms with Gasteiger partial charge in [-0.25, -0.2) is 4.79 Å². The van der Waals surface area contributed by atoms with Crippen molar-refractivity contribution in [2.45, 2.75) is 46.1 Å². The number of carbonyl (C=O) groups is 1. The average molecular weight is 264 g/mol. The second-order valence-corrected chi connectivity index (χ2v) is 4.74. The highest BCUT2D eigenvalue weighted by Crippen LogP contribution is 2.20. The number of anilines is 1. The van der Waals surface area contributed by atoms with Crippen molar-refractivity contribution in [3.63, 3.8) is 0 Å². The van der Waals surface area contributed by atoms with Gasteiger partial charge in [0.25, 0.3) is 0 Å². The van der Waals surface area contributed by atoms with Crippen LogP contribution in [0.3, 0.4) is 0 Å². The maximum atomic E-state index is 11.8. The second-order valence-electron chi connectivity index (χ2n) is 4.74. The van der Waals surface area contributed by atoms with Gasteiger partial charge in [-0.1, -0.05) is 38.5 Å². The van der Waals surface area contributed by atoms with Crippen LogP contribution in [0.1, 0.15) is 37.8 Å². The van der Waals surface area contributed by atoms with Gasteiger partial charge in [-0.05, 0) is 30.9 Å². The third kappa shape index (κ3) is 4.91. The minimum absolute atomic E-state index is 0.265. The first kappa shape index (κ1) is 15.5. The predicted molar refractivity (Wildman–Crippen MR) is 78.5 cm³/mol. The van der Waals surface area contributed by atoms with Gasteiger partial charge in [-0.15, -0.1) is 0 Å². The summed E-state index contributed by atoms with van der Waals surface area (Å²) in [6.45, 7) is 6.32. The van der Waals surface area contributed by atoms with Crippen LogP contribution in [0.25, 0.3) is 0 Å². The monoisotopic (exact) mass is 264 g/mol. The summed E-state index contributed by atoms with van der Waals surface area (Å²) in [4.78, 5) is 11.8. The standard InChI is InChI=1S/C15H24N2O2/c1-4-7-13(18)10-16-15(19)17-14-11(3)8-6-9-12(14)5-2/h6,8-9,13,18H,4-5,7,10H2,1-3H3,(H2,16,17,19). The number of aryl methyl sites for hydroxylation is 2. The molecule has 0 fully saturated rings. The molecule has 4 heteroatoms. The largest absolute Gasteiger partial charge is 0.391 e. The van der Waals surface area contributed by atoms with Gasteiger partial charge in [0.15, 0.2) is 0 Å². The van der Waals surface area contributed by atoms with Crippen LogP contribution in [0.4, 0.5) is 10.5 Å². The van der Waals surface area contributed by atoms with Crippen molar-refractivity contribution in [1.82, 2.24) is 5.32 Å². The number of para-hydroxylation sites is 1. The molecule has 1 rings (SSSR count). The maximum absolute atomic E-state index is 11.8. The lowest BCUT2D eigenvalue weighted by atomic mass is 10.1. The predicted octanol–water partition coefficient (Wildman–Crippen LogP) is 2.84. The Kier molecular flexibility index (Phi) is 6.36. The van der Waals surface area contributed by atoms with Crippen molar-refractivity contribution in [2.75, 3.05) is 11.9 Å². The Balaban J connectivity index is 2.57. The van der Waals surface area contributed by atoms with Crippen molar-refractivity contribution in [3.8, 4) is 0 Å². The number of hydrogen-bond acceptors (Lipinski definition) is 2. The Bertz CT molecular complexity index is 419. The second kappa shape index (κ2) is 7.79. The van der Waals surface area contributed by atoms with E-state index in [1.54, 1.807) is 0 Å². The molecule has 0 aliphatic rings. The SMILES string of the molecule is CCCC(O)CNC(=O)Nc1c(C)cccc1CC. The van der Waals surface area contributed by atoms with Crippen molar-refractivity contribution >= 4 is 11.7 Å². The molecule has 0 aromatic heterocycles. The van der Waals surface area contributed by atoms with Crippen molar-refractivity contribution < 1.29 is 9.90 Å². The number of aliphatic hydroxyl groups is 1. The topological polar surface area (TPSA) is 61.4 Å². The third-order valence-corrected chi connectivity index (χ3v) is 3.10. The number of rotatable bonds is 6. The van der Waals surface area contributed by atoms with Gasteiger partial charge in [0.2, 0.25) is 0 Å². The lowest BCUT2D eigenvalue weighted by Crippen LogP contribution is -2.35. The van der Waals surface area contributed by atoms with E-state index >= 15 is 0 Å². The summed E-state index contributed by atoms with van der Waals surface area (Å²) in [5, 5.41) is 15.1. The fourth-order valence-corrected chi connectivity index (χ4v) is 2.01. The Hall–Kier alpha value is -1.55. The van der Waals surface area contributed by atoms with Crippen LogP contribution in [0.2, 0.25) is 0 Å². The fourth-order valence-electron chi connectivity index (χ4n) is 2.01. The number of aliphatic hydroxyl groups excluding tert-OH is 1. The molecule has 0 saturated carbocycles. The van der Waals surface area contributed by atoms with Crippen LogP contribution in [0.5, 0.6) is 0 Å². The Morgan fingerprint density at radius 2 is 2.11 bits per heavy atom. The number of nitrogens with one attached hydrogen (secondary N) is 2. The lowest BCUT2D eigenvalue weighted by molar-refractivity contribution is 0.162. The summed E-state index contributed by atoms with van der Waals surface area (Å²) in [6.07, 6.45) is 2.00. The van der Waals surface area contributed by atoms with E-state index in [4.69, 9.17) is 0 Å². The molecule has 4 nitrogen and oxygen atoms in total. The van der Waals surface area contributed by atoms with E-state index in [9.17, 15) is 9.90 Å². The zero-order valence-corrected chi connectivity index (χ0v) is 12.0. The molecule has 1 unspecified atom stereocenters. The number of amides is 2. The molecular weight excluding hydrogens is 240 g/mol. The van der Waals surface area contributed by atoms with E-state index in [-0.39, 0.29) is 12.6 Å². The summed E-state index contributed by atoms with van der Waals surface area (Å²) >= 11 is 0. The fraction of sp³-hybridized carbons (Fsp3) is 0.533. The quantitative estimate of drug-likeness (QED) is 0.740. The van der Waals surface area contributed by atoms with Gasteiger partial charge in [0, 0.05) is 12.2 Å². The molecular formula is C15H24N2O2. The maximum Gasteiger partial charge on any atom is 0.319 e. The smallest absolute Gasteiger partial charge is 0.319 e. The van der Waals surface area contributed by atoms with Gasteiger partial charge in [-0.3, -0.25) is 0 Å². The van der Waals surface area contributed by atoms with E-state index in [0.29, 0.717) is 6.42 Å². The van der Waals surface area contributed by atoms with Crippen molar-refractivity contribution in [2.24, 2.45) is 0 Å². The number of carbonyl (C=O) groups excluding carboxylic acids is 1. The minimum Gasteiger partial charge on any atom is -0.391 e. The van der Waals surface area contributed by atoms with Crippen LogP contribution in [-0.4, -0.2) is 23.8 Å². The lowest BCUT2D eigenvalue weighted by Gasteiger charge is -2.15. The van der Waals surface area contributed by atoms with E-state index in [1.165, 1.54) is 0 Å². The van der Waals surface area contributed by atoms with Gasteiger partial charge in [0.1, 0.15) is 0 Å². The zero-order valence-electron chi connectivity index (χ0n) is 12.0. The number of urea groups is 1. The molecule has 106 valence electrons. The Labute approximate surface area is 115 Å². The highest BCUT2D eigenvalue weighted by molar-refractivity contribution is 5.91. The summed E-state index contributed by atoms with van der Waals surface area (Å²) < 4.78 is 0. The van der Waals surface area contributed by atoms with E-state index < -0.39 is 6.10 Å². The normalized spacial score (nSPS) is 12.0. The molecule has 1 aromatic carbocycles. The molecule has 0 saturated heterocycles. The molecule has 0 spiro atoms. The van der Waals surface area contributed by atoms with Gasteiger partial charge in [0.05, 0.1) is 6.10 Å². The molecule has 0 bridgehead atoms. The molecule has 2 amide bonds. The average Bonchev–Trinajstić information content (AvgIpc) is 2.39. The minimum atomic E-state index is -0.474. The molecule has 3 N–H and O–H groups in total. The molecule has 0 heterocycles. The summed E-state index contributed by atoms with van der Waals surface area (Å²) in [5.41, 5.74) is 3.03. The molecule has 0 aliphatic heterocycles. The van der Waals surface area contributed by atoms with Crippen LogP contribution in [-0.2, 0) is 6.42 Å². The van der Waals surface area contributed by atoms with Crippen LogP contribution in [0, 0.1) is 6.92 Å². The highest BCUT2D eigenvalue weighted by Gasteiger charge is 2.09. The van der Waals surface area contributed by atoms with Gasteiger partial charge in [-0.2, -0.15) is 0 Å². The molecule has 0 radical (unpaired) electrons. The number of benzene rings is 1. The first-order valence-corrected chi connectivity index (χ1v) is 6.89. The van der Waals surface area contributed by atoms with E-state index in [1.807, 2.05) is 32.0 Å². The van der Waals surface area contributed by atoms with Crippen LogP contribution in [0.15, 0.2) is 18.2 Å². The molecule has 0 aliphatic carbocycles. The van der Waals surface area contributed by atoms with Gasteiger partial charge >= 0.3 is 6.03 Å². The Morgan fingerprint density at radius 3 is 2.74 bits per heavy atom. The van der Waals surface area contributed by atoms with E-state index in [0.717, 1.165) is 29.7 Å². The zero-order chi connectivity index (χ0) is 14.3. The van der Waals surface area contributed by atoms with Gasteiger partial charge < -0.3 is 15.7 Å². The van der Waals surface area contributed by atoms with Crippen molar-refractivity contribution in [1.29, 1.82) is 0 Å². The summed E-state index contributed by atoms with van der Waals surface area (Å²) in [5.74, 6) is 0. The third-order valence-electron chi connectivity index (χ3n) is 3.10. The van der Waals surface area contributed by atoms with Crippen molar-refractivity contribution in [3.05, 3.63) is 29.3 Å². The highest BCUT2D eigenvalue weighted by atomic mass is 16.3. The number of hydrogen-bond donors (Lipinski definition) is 3. The molecule has 1 atom stereocenters. The Morgan fingerprint density at radius 1 is 1.37 bits per heavy atom. The van der Waals surface area contributed by atoms with E-state index in [2.05, 4.69) is 17.6 Å². The first-order valence-electron chi connectivity index (χ1n) is 6.89. The summed E-state index contributed by atoms with van der Waals surface area (Å²) in [6, 6.07) is 5.71. The first-order chi connectivity index (χ1) is 9.08. The van der Waals surface area contributed by atoms with Crippen LogP contribution < -0.4 is 10.6 Å².